The van der Waals surface area contributed by atoms with Gasteiger partial charge in [0.15, 0.2) is 0 Å². The van der Waals surface area contributed by atoms with Gasteiger partial charge < -0.3 is 10.2 Å². The number of carbonyl (C=O) groups excluding carboxylic acids is 2. The number of benzene rings is 1. The molecule has 2 fully saturated rings. The van der Waals surface area contributed by atoms with Gasteiger partial charge in [0.1, 0.15) is 6.04 Å². The normalized spacial score (nSPS) is 23.3. The van der Waals surface area contributed by atoms with E-state index in [4.69, 9.17) is 11.6 Å². The van der Waals surface area contributed by atoms with E-state index in [0.29, 0.717) is 23.0 Å². The molecule has 2 aliphatic rings. The molecule has 6 nitrogen and oxygen atoms in total. The van der Waals surface area contributed by atoms with Crippen molar-refractivity contribution >= 4 is 23.4 Å². The summed E-state index contributed by atoms with van der Waals surface area (Å²) in [6, 6.07) is 6.77. The summed E-state index contributed by atoms with van der Waals surface area (Å²) in [6.07, 6.45) is 9.73. The van der Waals surface area contributed by atoms with Gasteiger partial charge in [0.2, 0.25) is 5.91 Å². The molecule has 1 aliphatic heterocycles. The second-order valence-electron chi connectivity index (χ2n) is 8.51. The zero-order valence-electron chi connectivity index (χ0n) is 17.4. The number of aryl methyl sites for hydroxylation is 2. The predicted molar refractivity (Wildman–Crippen MR) is 116 cm³/mol. The number of nitrogens with zero attached hydrogens (tertiary/aromatic N) is 3. The molecule has 0 bridgehead atoms. The highest BCUT2D eigenvalue weighted by Crippen LogP contribution is 2.40. The first-order valence-electron chi connectivity index (χ1n) is 10.9. The predicted octanol–water partition coefficient (Wildman–Crippen LogP) is 3.82. The summed E-state index contributed by atoms with van der Waals surface area (Å²) >= 11 is 6.11. The molecule has 1 saturated carbocycles. The number of rotatable bonds is 6. The van der Waals surface area contributed by atoms with Gasteiger partial charge in [0.05, 0.1) is 6.20 Å². The third-order valence-corrected chi connectivity index (χ3v) is 6.56. The number of halogens is 1. The Balaban J connectivity index is 1.42. The number of likely N-dealkylation sites (tertiary alicyclic amines) is 1. The third-order valence-electron chi connectivity index (χ3n) is 6.32. The maximum atomic E-state index is 13.4. The lowest BCUT2D eigenvalue weighted by atomic mass is 9.84. The van der Waals surface area contributed by atoms with E-state index in [-0.39, 0.29) is 17.9 Å². The maximum Gasteiger partial charge on any atom is 0.254 e. The van der Waals surface area contributed by atoms with E-state index < -0.39 is 6.04 Å². The Morgan fingerprint density at radius 3 is 2.87 bits per heavy atom. The molecular weight excluding hydrogens is 400 g/mol. The molecule has 0 radical (unpaired) electrons. The van der Waals surface area contributed by atoms with Crippen molar-refractivity contribution in [1.82, 2.24) is 20.0 Å². The standard InChI is InChI=1S/C23H29ClN4O2/c1-16-14-26-27(15-16)11-5-10-25-22(29)21-13-17-6-2-3-9-20(17)28(21)23(30)18-7-4-8-19(24)12-18/h4,7-8,12,14-15,17,20-21H,2-3,5-6,9-11,13H2,1H3,(H,25,29). The summed E-state index contributed by atoms with van der Waals surface area (Å²) in [7, 11) is 0. The SMILES string of the molecule is Cc1cnn(CCCNC(=O)C2CC3CCCCC3N2C(=O)c2cccc(Cl)c2)c1. The second-order valence-corrected chi connectivity index (χ2v) is 8.95. The Morgan fingerprint density at radius 1 is 1.27 bits per heavy atom. The van der Waals surface area contributed by atoms with Crippen molar-refractivity contribution in [2.45, 2.75) is 64.1 Å². The Labute approximate surface area is 182 Å². The van der Waals surface area contributed by atoms with E-state index in [2.05, 4.69) is 10.4 Å². The Bertz CT molecular complexity index is 912. The fourth-order valence-electron chi connectivity index (χ4n) is 4.92. The van der Waals surface area contributed by atoms with Gasteiger partial charge in [-0.2, -0.15) is 5.10 Å². The molecule has 3 unspecified atom stereocenters. The minimum atomic E-state index is -0.406. The number of carbonyl (C=O) groups is 2. The fraction of sp³-hybridized carbons (Fsp3) is 0.522. The van der Waals surface area contributed by atoms with Crippen LogP contribution in [0.5, 0.6) is 0 Å². The van der Waals surface area contributed by atoms with Gasteiger partial charge in [-0.05, 0) is 62.3 Å². The Kier molecular flexibility index (Phi) is 6.42. The van der Waals surface area contributed by atoms with E-state index in [0.717, 1.165) is 44.2 Å². The number of hydrogen-bond acceptors (Lipinski definition) is 3. The average Bonchev–Trinajstić information content (AvgIpc) is 3.34. The van der Waals surface area contributed by atoms with Crippen LogP contribution in [0.4, 0.5) is 0 Å². The highest BCUT2D eigenvalue weighted by molar-refractivity contribution is 6.31. The van der Waals surface area contributed by atoms with Crippen LogP contribution in [0.1, 0.15) is 54.4 Å². The smallest absolute Gasteiger partial charge is 0.254 e. The first kappa shape index (κ1) is 20.9. The minimum Gasteiger partial charge on any atom is -0.354 e. The van der Waals surface area contributed by atoms with Crippen molar-refractivity contribution in [2.24, 2.45) is 5.92 Å². The number of fused-ring (bicyclic) bond motifs is 1. The zero-order valence-corrected chi connectivity index (χ0v) is 18.1. The summed E-state index contributed by atoms with van der Waals surface area (Å²) in [5.74, 6) is 0.278. The van der Waals surface area contributed by atoms with Crippen molar-refractivity contribution < 1.29 is 9.59 Å². The molecule has 4 rings (SSSR count). The fourth-order valence-corrected chi connectivity index (χ4v) is 5.11. The summed E-state index contributed by atoms with van der Waals surface area (Å²) in [5.41, 5.74) is 1.68. The Morgan fingerprint density at radius 2 is 2.10 bits per heavy atom. The van der Waals surface area contributed by atoms with E-state index in [1.54, 1.807) is 24.3 Å². The molecule has 3 atom stereocenters. The van der Waals surface area contributed by atoms with Crippen LogP contribution < -0.4 is 5.32 Å². The number of nitrogens with one attached hydrogen (secondary N) is 1. The second kappa shape index (κ2) is 9.21. The van der Waals surface area contributed by atoms with Crippen LogP contribution in [0.15, 0.2) is 36.7 Å². The quantitative estimate of drug-likeness (QED) is 0.711. The van der Waals surface area contributed by atoms with Crippen LogP contribution in [0.25, 0.3) is 0 Å². The molecule has 1 aliphatic carbocycles. The van der Waals surface area contributed by atoms with Gasteiger partial charge in [0, 0.05) is 35.9 Å². The number of aromatic nitrogens is 2. The first-order valence-corrected chi connectivity index (χ1v) is 11.3. The Hall–Kier alpha value is -2.34. The lowest BCUT2D eigenvalue weighted by Gasteiger charge is -2.33. The van der Waals surface area contributed by atoms with Gasteiger partial charge in [-0.15, -0.1) is 0 Å². The first-order chi connectivity index (χ1) is 14.5. The summed E-state index contributed by atoms with van der Waals surface area (Å²) < 4.78 is 1.89. The highest BCUT2D eigenvalue weighted by atomic mass is 35.5. The lowest BCUT2D eigenvalue weighted by Crippen LogP contribution is -2.49. The molecular formula is C23H29ClN4O2. The van der Waals surface area contributed by atoms with E-state index in [1.165, 1.54) is 6.42 Å². The average molecular weight is 429 g/mol. The van der Waals surface area contributed by atoms with Crippen LogP contribution in [0.3, 0.4) is 0 Å². The van der Waals surface area contributed by atoms with Gasteiger partial charge >= 0.3 is 0 Å². The molecule has 30 heavy (non-hydrogen) atoms. The summed E-state index contributed by atoms with van der Waals surface area (Å²) in [5, 5.41) is 7.87. The largest absolute Gasteiger partial charge is 0.354 e. The molecule has 1 N–H and O–H groups in total. The zero-order chi connectivity index (χ0) is 21.1. The van der Waals surface area contributed by atoms with Crippen LogP contribution in [0.2, 0.25) is 5.02 Å². The van der Waals surface area contributed by atoms with Crippen molar-refractivity contribution in [3.8, 4) is 0 Å². The lowest BCUT2D eigenvalue weighted by molar-refractivity contribution is -0.125. The molecule has 7 heteroatoms. The van der Waals surface area contributed by atoms with Crippen LogP contribution in [-0.2, 0) is 11.3 Å². The van der Waals surface area contributed by atoms with Crippen molar-refractivity contribution in [3.63, 3.8) is 0 Å². The van der Waals surface area contributed by atoms with Gasteiger partial charge in [-0.3, -0.25) is 14.3 Å². The van der Waals surface area contributed by atoms with Gasteiger partial charge in [0.25, 0.3) is 5.91 Å². The third kappa shape index (κ3) is 4.53. The molecule has 1 saturated heterocycles. The van der Waals surface area contributed by atoms with Crippen LogP contribution in [-0.4, -0.2) is 45.1 Å². The molecule has 2 aromatic rings. The number of hydrogen-bond donors (Lipinski definition) is 1. The van der Waals surface area contributed by atoms with Crippen LogP contribution >= 0.6 is 11.6 Å². The van der Waals surface area contributed by atoms with Gasteiger partial charge in [-0.1, -0.05) is 30.5 Å². The van der Waals surface area contributed by atoms with E-state index in [1.807, 2.05) is 28.9 Å². The highest BCUT2D eigenvalue weighted by Gasteiger charge is 2.47. The summed E-state index contributed by atoms with van der Waals surface area (Å²) in [6.45, 7) is 3.34. The summed E-state index contributed by atoms with van der Waals surface area (Å²) in [4.78, 5) is 28.3. The molecule has 2 heterocycles. The van der Waals surface area contributed by atoms with Crippen LogP contribution in [0, 0.1) is 12.8 Å². The monoisotopic (exact) mass is 428 g/mol. The minimum absolute atomic E-state index is 0.0450. The van der Waals surface area contributed by atoms with E-state index >= 15 is 0 Å². The van der Waals surface area contributed by atoms with Crippen molar-refractivity contribution in [1.29, 1.82) is 0 Å². The molecule has 1 aromatic carbocycles. The molecule has 2 amide bonds. The van der Waals surface area contributed by atoms with E-state index in [9.17, 15) is 9.59 Å². The molecule has 160 valence electrons. The molecule has 0 spiro atoms. The maximum absolute atomic E-state index is 13.4. The topological polar surface area (TPSA) is 67.2 Å². The van der Waals surface area contributed by atoms with Gasteiger partial charge in [-0.25, -0.2) is 0 Å². The van der Waals surface area contributed by atoms with Crippen molar-refractivity contribution in [3.05, 3.63) is 52.8 Å². The molecule has 1 aromatic heterocycles. The number of amides is 2. The van der Waals surface area contributed by atoms with Crippen molar-refractivity contribution in [2.75, 3.05) is 6.54 Å².